The summed E-state index contributed by atoms with van der Waals surface area (Å²) in [6, 6.07) is 6.04. The van der Waals surface area contributed by atoms with E-state index in [0.717, 1.165) is 10.9 Å². The van der Waals surface area contributed by atoms with Crippen LogP contribution in [0.2, 0.25) is 0 Å². The zero-order valence-corrected chi connectivity index (χ0v) is 17.1. The fraction of sp³-hybridized carbons (Fsp3) is 0.500. The first-order valence-corrected chi connectivity index (χ1v) is 10.9. The molecule has 0 unspecified atom stereocenters. The van der Waals surface area contributed by atoms with Crippen LogP contribution < -0.4 is 5.32 Å². The number of rotatable bonds is 6. The summed E-state index contributed by atoms with van der Waals surface area (Å²) in [7, 11) is 0. The first-order chi connectivity index (χ1) is 12.5. The Bertz CT molecular complexity index is 797. The smallest absolute Gasteiger partial charge is 0.233 e. The molecule has 1 amide bonds. The Morgan fingerprint density at radius 3 is 2.77 bits per heavy atom. The summed E-state index contributed by atoms with van der Waals surface area (Å²) in [5, 5.41) is 7.31. The minimum atomic E-state index is -0.298. The van der Waals surface area contributed by atoms with E-state index in [2.05, 4.69) is 10.4 Å². The first kappa shape index (κ1) is 19.5. The second kappa shape index (κ2) is 9.10. The van der Waals surface area contributed by atoms with Crippen molar-refractivity contribution in [3.63, 3.8) is 0 Å². The van der Waals surface area contributed by atoms with Crippen molar-refractivity contribution in [2.45, 2.75) is 48.6 Å². The zero-order chi connectivity index (χ0) is 18.5. The molecule has 3 rings (SSSR count). The Morgan fingerprint density at radius 2 is 2.08 bits per heavy atom. The van der Waals surface area contributed by atoms with Gasteiger partial charge in [0.05, 0.1) is 10.9 Å². The molecular weight excluding hydrogens is 389 g/mol. The summed E-state index contributed by atoms with van der Waals surface area (Å²) < 4.78 is 16.0. The summed E-state index contributed by atoms with van der Waals surface area (Å²) in [6.45, 7) is 2.65. The standard InChI is InChI=1S/C18H22FN3OS3/c1-12(16(23)20-11-13-5-3-2-4-6-13)25-17-21-22(18(24)26-17)15-9-7-14(19)8-10-15/h7-10,12-13H,2-6,11H2,1H3,(H,20,23)/t12-/m1/s1. The van der Waals surface area contributed by atoms with E-state index in [1.165, 1.54) is 67.3 Å². The SMILES string of the molecule is C[C@@H](Sc1nn(-c2ccc(F)cc2)c(=S)s1)C(=O)NCC1CCCCC1. The van der Waals surface area contributed by atoms with E-state index in [1.807, 2.05) is 6.92 Å². The molecule has 4 nitrogen and oxygen atoms in total. The van der Waals surface area contributed by atoms with Gasteiger partial charge in [0.15, 0.2) is 8.29 Å². The Kier molecular flexibility index (Phi) is 6.83. The Hall–Kier alpha value is -1.25. The third-order valence-corrected chi connectivity index (χ3v) is 6.95. The fourth-order valence-electron chi connectivity index (χ4n) is 3.04. The topological polar surface area (TPSA) is 46.9 Å². The lowest BCUT2D eigenvalue weighted by molar-refractivity contribution is -0.120. The number of nitrogens with zero attached hydrogens (tertiary/aromatic N) is 2. The highest BCUT2D eigenvalue weighted by atomic mass is 32.2. The quantitative estimate of drug-likeness (QED) is 0.538. The van der Waals surface area contributed by atoms with Gasteiger partial charge in [-0.1, -0.05) is 42.4 Å². The second-order valence-corrected chi connectivity index (χ2v) is 9.74. The van der Waals surface area contributed by atoms with E-state index >= 15 is 0 Å². The molecule has 140 valence electrons. The molecular formula is C18H22FN3OS3. The number of halogens is 1. The highest BCUT2D eigenvalue weighted by Crippen LogP contribution is 2.28. The summed E-state index contributed by atoms with van der Waals surface area (Å²) in [5.41, 5.74) is 0.717. The monoisotopic (exact) mass is 411 g/mol. The van der Waals surface area contributed by atoms with E-state index in [-0.39, 0.29) is 17.0 Å². The van der Waals surface area contributed by atoms with Crippen molar-refractivity contribution >= 4 is 41.2 Å². The number of thioether (sulfide) groups is 1. The molecule has 2 aromatic rings. The largest absolute Gasteiger partial charge is 0.355 e. The summed E-state index contributed by atoms with van der Waals surface area (Å²) >= 11 is 8.12. The number of carbonyl (C=O) groups is 1. The lowest BCUT2D eigenvalue weighted by Gasteiger charge is -2.22. The van der Waals surface area contributed by atoms with Gasteiger partial charge < -0.3 is 5.32 Å². The average Bonchev–Trinajstić information content (AvgIpc) is 3.01. The highest BCUT2D eigenvalue weighted by molar-refractivity contribution is 8.02. The molecule has 1 N–H and O–H groups in total. The van der Waals surface area contributed by atoms with Gasteiger partial charge in [0.2, 0.25) is 5.91 Å². The fourth-order valence-corrected chi connectivity index (χ4v) is 5.57. The van der Waals surface area contributed by atoms with Gasteiger partial charge in [-0.25, -0.2) is 9.07 Å². The Morgan fingerprint density at radius 1 is 1.38 bits per heavy atom. The van der Waals surface area contributed by atoms with E-state index in [0.29, 0.717) is 15.6 Å². The number of hydrogen-bond acceptors (Lipinski definition) is 5. The molecule has 0 bridgehead atoms. The van der Waals surface area contributed by atoms with Crippen molar-refractivity contribution in [2.75, 3.05) is 6.54 Å². The molecule has 1 aliphatic rings. The number of amides is 1. The number of hydrogen-bond donors (Lipinski definition) is 1. The molecule has 1 atom stereocenters. The van der Waals surface area contributed by atoms with Crippen LogP contribution in [-0.2, 0) is 4.79 Å². The number of carbonyl (C=O) groups excluding carboxylic acids is 1. The summed E-state index contributed by atoms with van der Waals surface area (Å²) in [6.07, 6.45) is 6.29. The average molecular weight is 412 g/mol. The van der Waals surface area contributed by atoms with Crippen molar-refractivity contribution in [3.8, 4) is 5.69 Å². The Labute approximate surface area is 166 Å². The van der Waals surface area contributed by atoms with Crippen LogP contribution in [0.1, 0.15) is 39.0 Å². The maximum atomic E-state index is 13.1. The number of nitrogens with one attached hydrogen (secondary N) is 1. The zero-order valence-electron chi connectivity index (χ0n) is 14.6. The van der Waals surface area contributed by atoms with Crippen molar-refractivity contribution in [1.82, 2.24) is 15.1 Å². The summed E-state index contributed by atoms with van der Waals surface area (Å²) in [5.74, 6) is 0.355. The van der Waals surface area contributed by atoms with Gasteiger partial charge >= 0.3 is 0 Å². The summed E-state index contributed by atoms with van der Waals surface area (Å²) in [4.78, 5) is 12.4. The van der Waals surface area contributed by atoms with Gasteiger partial charge in [0.25, 0.3) is 0 Å². The maximum Gasteiger partial charge on any atom is 0.233 e. The van der Waals surface area contributed by atoms with Gasteiger partial charge in [0, 0.05) is 6.54 Å². The molecule has 26 heavy (non-hydrogen) atoms. The van der Waals surface area contributed by atoms with Gasteiger partial charge in [-0.3, -0.25) is 4.79 Å². The lowest BCUT2D eigenvalue weighted by Crippen LogP contribution is -2.35. The molecule has 1 aliphatic carbocycles. The van der Waals surface area contributed by atoms with Crippen LogP contribution in [0.25, 0.3) is 5.69 Å². The maximum absolute atomic E-state index is 13.1. The predicted molar refractivity (Wildman–Crippen MR) is 107 cm³/mol. The van der Waals surface area contributed by atoms with E-state index in [4.69, 9.17) is 12.2 Å². The van der Waals surface area contributed by atoms with Crippen LogP contribution in [0.4, 0.5) is 4.39 Å². The molecule has 0 spiro atoms. The minimum absolute atomic E-state index is 0.0371. The molecule has 1 aromatic carbocycles. The second-order valence-electron chi connectivity index (χ2n) is 6.53. The molecule has 1 heterocycles. The predicted octanol–water partition coefficient (Wildman–Crippen LogP) is 4.98. The normalized spacial score (nSPS) is 16.4. The third kappa shape index (κ3) is 5.14. The van der Waals surface area contributed by atoms with Crippen molar-refractivity contribution < 1.29 is 9.18 Å². The van der Waals surface area contributed by atoms with Crippen molar-refractivity contribution in [2.24, 2.45) is 5.92 Å². The highest BCUT2D eigenvalue weighted by Gasteiger charge is 2.19. The third-order valence-electron chi connectivity index (χ3n) is 4.54. The van der Waals surface area contributed by atoms with Crippen LogP contribution in [0.15, 0.2) is 28.6 Å². The molecule has 8 heteroatoms. The molecule has 1 saturated carbocycles. The van der Waals surface area contributed by atoms with Gasteiger partial charge in [-0.15, -0.1) is 5.10 Å². The van der Waals surface area contributed by atoms with Gasteiger partial charge in [0.1, 0.15) is 5.82 Å². The van der Waals surface area contributed by atoms with Crippen LogP contribution in [0.3, 0.4) is 0 Å². The lowest BCUT2D eigenvalue weighted by atomic mass is 9.89. The van der Waals surface area contributed by atoms with Gasteiger partial charge in [-0.05, 0) is 62.2 Å². The van der Waals surface area contributed by atoms with Crippen LogP contribution in [0, 0.1) is 15.7 Å². The molecule has 0 aliphatic heterocycles. The molecule has 1 fully saturated rings. The minimum Gasteiger partial charge on any atom is -0.355 e. The molecule has 0 radical (unpaired) electrons. The number of benzene rings is 1. The molecule has 0 saturated heterocycles. The van der Waals surface area contributed by atoms with Crippen molar-refractivity contribution in [3.05, 3.63) is 34.0 Å². The number of aromatic nitrogens is 2. The van der Waals surface area contributed by atoms with E-state index in [1.54, 1.807) is 16.8 Å². The van der Waals surface area contributed by atoms with E-state index < -0.39 is 0 Å². The Balaban J connectivity index is 1.57. The van der Waals surface area contributed by atoms with Crippen LogP contribution in [0.5, 0.6) is 0 Å². The van der Waals surface area contributed by atoms with Gasteiger partial charge in [-0.2, -0.15) is 0 Å². The van der Waals surface area contributed by atoms with Crippen molar-refractivity contribution in [1.29, 1.82) is 0 Å². The first-order valence-electron chi connectivity index (χ1n) is 8.83. The van der Waals surface area contributed by atoms with E-state index in [9.17, 15) is 9.18 Å². The molecule has 1 aromatic heterocycles. The van der Waals surface area contributed by atoms with Crippen LogP contribution in [-0.4, -0.2) is 27.5 Å². The van der Waals surface area contributed by atoms with Crippen LogP contribution >= 0.6 is 35.3 Å².